The maximum Gasteiger partial charge on any atom is 0.407 e. The Morgan fingerprint density at radius 3 is 2.12 bits per heavy atom. The van der Waals surface area contributed by atoms with E-state index in [1.807, 2.05) is 60.2 Å². The van der Waals surface area contributed by atoms with E-state index >= 15 is 0 Å². The van der Waals surface area contributed by atoms with E-state index in [1.165, 1.54) is 30.9 Å². The van der Waals surface area contributed by atoms with Gasteiger partial charge in [-0.3, -0.25) is 9.59 Å². The number of nitrogens with zero attached hydrogens (tertiary/aromatic N) is 4. The van der Waals surface area contributed by atoms with E-state index in [2.05, 4.69) is 68.2 Å². The fraction of sp³-hybridized carbons (Fsp3) is 0.423. The molecule has 2 aromatic heterocycles. The molecule has 5 unspecified atom stereocenters. The number of likely N-dealkylation sites (tertiary alicyclic amines) is 2. The number of hydrogen-bond donors (Lipinski definition) is 4. The van der Waals surface area contributed by atoms with Crippen molar-refractivity contribution in [1.29, 1.82) is 0 Å². The van der Waals surface area contributed by atoms with E-state index in [4.69, 9.17) is 24.2 Å². The molecule has 0 saturated carbocycles. The molecule has 16 nitrogen and oxygen atoms in total. The number of aromatic nitrogens is 4. The molecule has 1 aliphatic carbocycles. The molecule has 5 atom stereocenters. The van der Waals surface area contributed by atoms with Gasteiger partial charge in [-0.05, 0) is 83.4 Å². The van der Waals surface area contributed by atoms with Crippen LogP contribution >= 0.6 is 0 Å². The first-order chi connectivity index (χ1) is 32.9. The second kappa shape index (κ2) is 21.0. The van der Waals surface area contributed by atoms with Gasteiger partial charge in [0.1, 0.15) is 17.7 Å². The normalized spacial score (nSPS) is 19.2. The standard InChI is InChI=1S/C50H57N7O6.C2H5NO2/c1-29(2)45(55-50(60)63-5)49(59)57-26-32(28-62-4)20-42(57)47-51-24-41(53-47)39-18-17-35(37-12-9-13-38(37)39)33-14-16-36-34(23-33)15-19-40-46(36)54-48(52-40)43-21-31(27-61-3)25-56(43)44(58)22-30-10-7-6-8-11-30;1-5-2(3)4/h6-8,10-11,14-19,23-24,29,31-32,42-43,45H,9,12-13,20-22,25-28H2,1-5H3,(H,51,53)(H,52,54)(H,55,60);1H3,(H2,3,4). The van der Waals surface area contributed by atoms with Crippen molar-refractivity contribution in [3.8, 4) is 22.4 Å². The number of methoxy groups -OCH3 is 4. The minimum atomic E-state index is -0.745. The first kappa shape index (κ1) is 47.7. The van der Waals surface area contributed by atoms with Crippen LogP contribution in [0.2, 0.25) is 0 Å². The first-order valence-corrected chi connectivity index (χ1v) is 23.3. The topological polar surface area (TPSA) is 207 Å². The maximum absolute atomic E-state index is 14.0. The van der Waals surface area contributed by atoms with E-state index in [-0.39, 0.29) is 41.7 Å². The number of aromatic amines is 2. The van der Waals surface area contributed by atoms with E-state index in [1.54, 1.807) is 14.2 Å². The summed E-state index contributed by atoms with van der Waals surface area (Å²) in [7, 11) is 5.92. The van der Waals surface area contributed by atoms with Gasteiger partial charge < -0.3 is 49.8 Å². The molecule has 0 spiro atoms. The van der Waals surface area contributed by atoms with Crippen molar-refractivity contribution in [2.75, 3.05) is 54.7 Å². The van der Waals surface area contributed by atoms with Crippen molar-refractivity contribution in [1.82, 2.24) is 35.1 Å². The van der Waals surface area contributed by atoms with Crippen molar-refractivity contribution < 1.29 is 38.1 Å². The molecule has 16 heteroatoms. The summed E-state index contributed by atoms with van der Waals surface area (Å²) < 4.78 is 19.8. The molecule has 2 fully saturated rings. The molecule has 9 rings (SSSR count). The predicted molar refractivity (Wildman–Crippen MR) is 258 cm³/mol. The van der Waals surface area contributed by atoms with Crippen LogP contribution in [0.25, 0.3) is 44.2 Å². The quantitative estimate of drug-likeness (QED) is 0.0889. The Kier molecular flexibility index (Phi) is 14.8. The molecular formula is C52H62N8O8. The number of amides is 4. The predicted octanol–water partition coefficient (Wildman–Crippen LogP) is 7.67. The van der Waals surface area contributed by atoms with Crippen LogP contribution < -0.4 is 11.1 Å². The van der Waals surface area contributed by atoms with Crippen molar-refractivity contribution in [2.24, 2.45) is 23.5 Å². The Hall–Kier alpha value is -6.78. The lowest BCUT2D eigenvalue weighted by Crippen LogP contribution is -2.51. The van der Waals surface area contributed by atoms with Crippen molar-refractivity contribution in [3.63, 3.8) is 0 Å². The van der Waals surface area contributed by atoms with Gasteiger partial charge in [0.25, 0.3) is 0 Å². The minimum Gasteiger partial charge on any atom is -0.453 e. The largest absolute Gasteiger partial charge is 0.453 e. The zero-order valence-corrected chi connectivity index (χ0v) is 39.7. The molecule has 4 aromatic carbocycles. The van der Waals surface area contributed by atoms with Crippen molar-refractivity contribution >= 4 is 45.8 Å². The number of rotatable bonds is 13. The number of nitrogens with one attached hydrogen (secondary N) is 3. The van der Waals surface area contributed by atoms with Crippen LogP contribution in [0, 0.1) is 17.8 Å². The summed E-state index contributed by atoms with van der Waals surface area (Å²) in [4.78, 5) is 70.5. The minimum absolute atomic E-state index is 0.0981. The SMILES string of the molecule is COC(N)=O.COCC1CC(c2nc3c(ccc4cc(-c5ccc(-c6cnc(C7CC(COC)CN7C(=O)C(NC(=O)OC)C(C)C)[nH]6)c6c5CCC6)ccc43)[nH]2)N(C(=O)Cc2ccccc2)C1. The molecule has 4 amide bonds. The van der Waals surface area contributed by atoms with Gasteiger partial charge in [0, 0.05) is 50.1 Å². The molecule has 0 bridgehead atoms. The zero-order valence-electron chi connectivity index (χ0n) is 39.7. The lowest BCUT2D eigenvalue weighted by molar-refractivity contribution is -0.135. The Morgan fingerprint density at radius 2 is 1.46 bits per heavy atom. The highest BCUT2D eigenvalue weighted by Gasteiger charge is 2.42. The summed E-state index contributed by atoms with van der Waals surface area (Å²) in [5, 5.41) is 4.93. The number of nitrogens with two attached hydrogens (primary N) is 1. The highest BCUT2D eigenvalue weighted by Crippen LogP contribution is 2.42. The number of imidazole rings is 2. The van der Waals surface area contributed by atoms with Crippen LogP contribution in [0.4, 0.5) is 9.59 Å². The Morgan fingerprint density at radius 1 is 0.794 bits per heavy atom. The van der Waals surface area contributed by atoms with Gasteiger partial charge in [0.05, 0.1) is 68.9 Å². The number of carbonyl (C=O) groups excluding carboxylic acids is 4. The third-order valence-electron chi connectivity index (χ3n) is 13.6. The smallest absolute Gasteiger partial charge is 0.407 e. The molecule has 5 N–H and O–H groups in total. The number of ether oxygens (including phenoxy) is 4. The fourth-order valence-corrected chi connectivity index (χ4v) is 10.4. The third kappa shape index (κ3) is 10.1. The highest BCUT2D eigenvalue weighted by atomic mass is 16.5. The third-order valence-corrected chi connectivity index (χ3v) is 13.6. The summed E-state index contributed by atoms with van der Waals surface area (Å²) in [6, 6.07) is 24.1. The number of alkyl carbamates (subject to hydrolysis) is 1. The van der Waals surface area contributed by atoms with Gasteiger partial charge in [-0.25, -0.2) is 19.6 Å². The van der Waals surface area contributed by atoms with E-state index in [9.17, 15) is 19.2 Å². The second-order valence-corrected chi connectivity index (χ2v) is 18.4. The van der Waals surface area contributed by atoms with Crippen molar-refractivity contribution in [3.05, 3.63) is 107 Å². The van der Waals surface area contributed by atoms with Crippen LogP contribution in [0.15, 0.2) is 79.0 Å². The zero-order chi connectivity index (χ0) is 48.1. The summed E-state index contributed by atoms with van der Waals surface area (Å²) in [6.45, 7) is 6.10. The number of carbonyl (C=O) groups is 4. The lowest BCUT2D eigenvalue weighted by atomic mass is 9.91. The Labute approximate surface area is 396 Å². The summed E-state index contributed by atoms with van der Waals surface area (Å²) in [5.41, 5.74) is 14.4. The number of benzene rings is 4. The Balaban J connectivity index is 0.00000119. The molecule has 0 radical (unpaired) electrons. The van der Waals surface area contributed by atoms with Crippen LogP contribution in [0.1, 0.15) is 73.5 Å². The first-order valence-electron chi connectivity index (χ1n) is 23.3. The van der Waals surface area contributed by atoms with Gasteiger partial charge in [0.2, 0.25) is 11.8 Å². The molecule has 68 heavy (non-hydrogen) atoms. The molecule has 2 aliphatic heterocycles. The second-order valence-electron chi connectivity index (χ2n) is 18.4. The van der Waals surface area contributed by atoms with Crippen LogP contribution in [0.3, 0.4) is 0 Å². The highest BCUT2D eigenvalue weighted by molar-refractivity contribution is 6.05. The average molecular weight is 927 g/mol. The maximum atomic E-state index is 14.0. The summed E-state index contributed by atoms with van der Waals surface area (Å²) >= 11 is 0. The number of primary amides is 1. The number of hydrogen-bond acceptors (Lipinski definition) is 10. The number of H-pyrrole nitrogens is 2. The van der Waals surface area contributed by atoms with Gasteiger partial charge >= 0.3 is 12.2 Å². The average Bonchev–Trinajstić information content (AvgIpc) is 4.20. The fourth-order valence-electron chi connectivity index (χ4n) is 10.4. The molecule has 4 heterocycles. The summed E-state index contributed by atoms with van der Waals surface area (Å²) in [6.07, 6.45) is 5.37. The van der Waals surface area contributed by atoms with Gasteiger partial charge in [0.15, 0.2) is 0 Å². The number of fused-ring (bicyclic) bond motifs is 4. The van der Waals surface area contributed by atoms with Gasteiger partial charge in [-0.1, -0.05) is 74.5 Å². The van der Waals surface area contributed by atoms with Crippen molar-refractivity contribution in [2.45, 2.75) is 70.5 Å². The molecule has 2 saturated heterocycles. The molecule has 6 aromatic rings. The molecule has 3 aliphatic rings. The van der Waals surface area contributed by atoms with E-state index < -0.39 is 18.2 Å². The van der Waals surface area contributed by atoms with Gasteiger partial charge in [-0.15, -0.1) is 0 Å². The monoisotopic (exact) mass is 926 g/mol. The Bertz CT molecular complexity index is 2770. The van der Waals surface area contributed by atoms with Crippen LogP contribution in [0.5, 0.6) is 0 Å². The lowest BCUT2D eigenvalue weighted by Gasteiger charge is -2.30. The molecular weight excluding hydrogens is 865 g/mol. The van der Waals surface area contributed by atoms with Crippen LogP contribution in [-0.4, -0.2) is 115 Å². The van der Waals surface area contributed by atoms with E-state index in [0.717, 1.165) is 81.5 Å². The summed E-state index contributed by atoms with van der Waals surface area (Å²) in [5.74, 6) is 1.71. The molecule has 358 valence electrons. The van der Waals surface area contributed by atoms with E-state index in [0.29, 0.717) is 39.1 Å². The van der Waals surface area contributed by atoms with Gasteiger partial charge in [-0.2, -0.15) is 0 Å². The van der Waals surface area contributed by atoms with Crippen LogP contribution in [-0.2, 0) is 47.8 Å².